The summed E-state index contributed by atoms with van der Waals surface area (Å²) in [5.41, 5.74) is 3.59. The minimum atomic E-state index is 0.382. The van der Waals surface area contributed by atoms with Crippen LogP contribution in [0.2, 0.25) is 0 Å². The molecule has 148 valence electrons. The standard InChI is InChI=1S/C11H14N4O2.C11H14/c1-3-9-10(12-2)17-11(13-9)15-6-4-14(8-16)5-7-15;1-2-9-3-5-10(6-4-9)11-7-8-11/h3,8H,1-2,4-7H2;3-6,11H,2,7-8H2,1H3. The van der Waals surface area contributed by atoms with Gasteiger partial charge in [-0.25, -0.2) is 4.99 Å². The summed E-state index contributed by atoms with van der Waals surface area (Å²) in [5, 5.41) is 0. The molecule has 0 bridgehead atoms. The van der Waals surface area contributed by atoms with Crippen LogP contribution in [0, 0.1) is 0 Å². The lowest BCUT2D eigenvalue weighted by Crippen LogP contribution is -2.45. The molecular formula is C22H28N4O2. The molecule has 0 unspecified atom stereocenters. The van der Waals surface area contributed by atoms with Crippen LogP contribution in [0.4, 0.5) is 11.9 Å². The third-order valence-electron chi connectivity index (χ3n) is 5.13. The van der Waals surface area contributed by atoms with Gasteiger partial charge < -0.3 is 14.2 Å². The first-order valence-corrected chi connectivity index (χ1v) is 9.81. The molecule has 2 fully saturated rings. The average Bonchev–Trinajstić information content (AvgIpc) is 3.53. The number of aromatic nitrogens is 1. The van der Waals surface area contributed by atoms with E-state index < -0.39 is 0 Å². The fourth-order valence-corrected chi connectivity index (χ4v) is 3.15. The largest absolute Gasteiger partial charge is 0.404 e. The number of amides is 1. The number of nitrogens with zero attached hydrogens (tertiary/aromatic N) is 4. The number of aryl methyl sites for hydroxylation is 1. The molecule has 28 heavy (non-hydrogen) atoms. The van der Waals surface area contributed by atoms with E-state index in [9.17, 15) is 4.79 Å². The van der Waals surface area contributed by atoms with E-state index in [0.29, 0.717) is 43.8 Å². The molecule has 0 atom stereocenters. The molecule has 0 spiro atoms. The van der Waals surface area contributed by atoms with Crippen molar-refractivity contribution in [3.63, 3.8) is 0 Å². The summed E-state index contributed by atoms with van der Waals surface area (Å²) in [6.45, 7) is 12.0. The number of carbonyl (C=O) groups excluding carboxylic acids is 1. The zero-order valence-corrected chi connectivity index (χ0v) is 16.5. The van der Waals surface area contributed by atoms with Crippen molar-refractivity contribution in [3.8, 4) is 0 Å². The topological polar surface area (TPSA) is 61.9 Å². The third-order valence-corrected chi connectivity index (χ3v) is 5.13. The van der Waals surface area contributed by atoms with Crippen LogP contribution in [-0.2, 0) is 11.2 Å². The molecule has 0 N–H and O–H groups in total. The van der Waals surface area contributed by atoms with Gasteiger partial charge in [-0.1, -0.05) is 37.8 Å². The second kappa shape index (κ2) is 9.35. The Balaban J connectivity index is 0.000000176. The second-order valence-electron chi connectivity index (χ2n) is 7.05. The van der Waals surface area contributed by atoms with E-state index in [1.54, 1.807) is 16.5 Å². The first kappa shape index (κ1) is 19.9. The highest BCUT2D eigenvalue weighted by atomic mass is 16.4. The molecule has 6 nitrogen and oxygen atoms in total. The summed E-state index contributed by atoms with van der Waals surface area (Å²) < 4.78 is 5.47. The predicted octanol–water partition coefficient (Wildman–Crippen LogP) is 4.05. The van der Waals surface area contributed by atoms with E-state index >= 15 is 0 Å². The first-order valence-electron chi connectivity index (χ1n) is 9.81. The van der Waals surface area contributed by atoms with E-state index in [4.69, 9.17) is 4.42 Å². The number of anilines is 1. The van der Waals surface area contributed by atoms with Gasteiger partial charge in [0.2, 0.25) is 12.3 Å². The molecule has 1 aromatic heterocycles. The monoisotopic (exact) mass is 380 g/mol. The van der Waals surface area contributed by atoms with Gasteiger partial charge in [0, 0.05) is 26.2 Å². The van der Waals surface area contributed by atoms with Gasteiger partial charge in [0.15, 0.2) is 0 Å². The molecule has 6 heteroatoms. The Morgan fingerprint density at radius 3 is 2.36 bits per heavy atom. The first-order chi connectivity index (χ1) is 13.7. The lowest BCUT2D eigenvalue weighted by atomic mass is 10.1. The number of oxazole rings is 1. The Morgan fingerprint density at radius 1 is 1.21 bits per heavy atom. The smallest absolute Gasteiger partial charge is 0.299 e. The summed E-state index contributed by atoms with van der Waals surface area (Å²) in [5.74, 6) is 1.29. The Morgan fingerprint density at radius 2 is 1.89 bits per heavy atom. The highest BCUT2D eigenvalue weighted by Gasteiger charge is 2.23. The normalized spacial score (nSPS) is 16.2. The van der Waals surface area contributed by atoms with Crippen molar-refractivity contribution in [2.75, 3.05) is 31.1 Å². The molecule has 4 rings (SSSR count). The van der Waals surface area contributed by atoms with Crippen LogP contribution in [0.5, 0.6) is 0 Å². The molecule has 1 aliphatic heterocycles. The summed E-state index contributed by atoms with van der Waals surface area (Å²) in [4.78, 5) is 22.3. The number of hydrogen-bond donors (Lipinski definition) is 0. The summed E-state index contributed by atoms with van der Waals surface area (Å²) >= 11 is 0. The van der Waals surface area contributed by atoms with Crippen molar-refractivity contribution in [1.29, 1.82) is 0 Å². The number of aliphatic imine (C=N–C) groups is 1. The fourth-order valence-electron chi connectivity index (χ4n) is 3.15. The average molecular weight is 380 g/mol. The maximum absolute atomic E-state index is 10.6. The molecule has 1 aliphatic carbocycles. The quantitative estimate of drug-likeness (QED) is 0.560. The van der Waals surface area contributed by atoms with Crippen LogP contribution < -0.4 is 4.90 Å². The zero-order chi connectivity index (χ0) is 19.9. The molecule has 2 aliphatic rings. The zero-order valence-electron chi connectivity index (χ0n) is 16.5. The molecule has 1 saturated carbocycles. The van der Waals surface area contributed by atoms with Gasteiger partial charge in [0.25, 0.3) is 6.01 Å². The van der Waals surface area contributed by atoms with Crippen molar-refractivity contribution < 1.29 is 9.21 Å². The van der Waals surface area contributed by atoms with Gasteiger partial charge in [0.1, 0.15) is 5.69 Å². The van der Waals surface area contributed by atoms with Crippen LogP contribution >= 0.6 is 0 Å². The number of carbonyl (C=O) groups is 1. The molecule has 1 aromatic carbocycles. The van der Waals surface area contributed by atoms with Crippen LogP contribution in [0.1, 0.15) is 42.5 Å². The second-order valence-corrected chi connectivity index (χ2v) is 7.05. The van der Waals surface area contributed by atoms with Gasteiger partial charge in [-0.2, -0.15) is 4.98 Å². The van der Waals surface area contributed by atoms with E-state index in [-0.39, 0.29) is 0 Å². The SMILES string of the molecule is C=Cc1nc(N2CCN(C=O)CC2)oc1N=C.CCc1ccc(C2CC2)cc1. The Kier molecular flexibility index (Phi) is 6.63. The van der Waals surface area contributed by atoms with E-state index in [1.165, 1.54) is 18.4 Å². The van der Waals surface area contributed by atoms with Gasteiger partial charge in [0.05, 0.1) is 0 Å². The van der Waals surface area contributed by atoms with Crippen LogP contribution in [0.3, 0.4) is 0 Å². The van der Waals surface area contributed by atoms with Crippen molar-refractivity contribution in [2.45, 2.75) is 32.1 Å². The van der Waals surface area contributed by atoms with Gasteiger partial charge in [-0.15, -0.1) is 0 Å². The van der Waals surface area contributed by atoms with E-state index in [1.807, 2.05) is 4.90 Å². The van der Waals surface area contributed by atoms with Gasteiger partial charge in [-0.3, -0.25) is 4.79 Å². The molecule has 1 saturated heterocycles. The van der Waals surface area contributed by atoms with Crippen LogP contribution in [-0.4, -0.2) is 49.2 Å². The summed E-state index contributed by atoms with van der Waals surface area (Å²) in [6.07, 6.45) is 6.42. The third kappa shape index (κ3) is 4.88. The number of piperazine rings is 1. The van der Waals surface area contributed by atoms with Crippen molar-refractivity contribution in [2.24, 2.45) is 4.99 Å². The maximum Gasteiger partial charge on any atom is 0.299 e. The minimum absolute atomic E-state index is 0.382. The van der Waals surface area contributed by atoms with Crippen LogP contribution in [0.15, 0.2) is 40.3 Å². The Labute approximate surface area is 166 Å². The fraction of sp³-hybridized carbons (Fsp3) is 0.409. The highest BCUT2D eigenvalue weighted by molar-refractivity contribution is 5.59. The Hall–Kier alpha value is -2.89. The van der Waals surface area contributed by atoms with Gasteiger partial charge in [-0.05, 0) is 49.1 Å². The number of rotatable bonds is 6. The lowest BCUT2D eigenvalue weighted by Gasteiger charge is -2.31. The summed E-state index contributed by atoms with van der Waals surface area (Å²) in [7, 11) is 0. The maximum atomic E-state index is 10.6. The Bertz CT molecular complexity index is 775. The molecular weight excluding hydrogens is 352 g/mol. The molecule has 2 aromatic rings. The minimum Gasteiger partial charge on any atom is -0.404 e. The number of hydrogen-bond acceptors (Lipinski definition) is 5. The number of benzene rings is 1. The summed E-state index contributed by atoms with van der Waals surface area (Å²) in [6, 6.07) is 9.60. The predicted molar refractivity (Wildman–Crippen MR) is 113 cm³/mol. The van der Waals surface area contributed by atoms with E-state index in [0.717, 1.165) is 18.7 Å². The molecule has 2 heterocycles. The van der Waals surface area contributed by atoms with Crippen molar-refractivity contribution in [1.82, 2.24) is 9.88 Å². The van der Waals surface area contributed by atoms with Gasteiger partial charge >= 0.3 is 0 Å². The lowest BCUT2D eigenvalue weighted by molar-refractivity contribution is -0.118. The molecule has 1 amide bonds. The van der Waals surface area contributed by atoms with Crippen molar-refractivity contribution >= 4 is 31.1 Å². The molecule has 0 radical (unpaired) electrons. The van der Waals surface area contributed by atoms with Crippen LogP contribution in [0.25, 0.3) is 6.08 Å². The van der Waals surface area contributed by atoms with Crippen molar-refractivity contribution in [3.05, 3.63) is 47.7 Å². The highest BCUT2D eigenvalue weighted by Crippen LogP contribution is 2.39. The van der Waals surface area contributed by atoms with E-state index in [2.05, 4.69) is 54.5 Å².